The highest BCUT2D eigenvalue weighted by Gasteiger charge is 2.21. The third kappa shape index (κ3) is 5.58. The van der Waals surface area contributed by atoms with E-state index in [2.05, 4.69) is 21.2 Å². The Morgan fingerprint density at radius 3 is 2.57 bits per heavy atom. The molecule has 118 valence electrons. The molecule has 0 saturated carbocycles. The molecular weight excluding hydrogens is 382 g/mol. The monoisotopic (exact) mass is 397 g/mol. The molecule has 1 rings (SSSR count). The van der Waals surface area contributed by atoms with E-state index in [1.807, 2.05) is 20.8 Å². The summed E-state index contributed by atoms with van der Waals surface area (Å²) in [6, 6.07) is 4.03. The largest absolute Gasteiger partial charge is 0.374 e. The average molecular weight is 399 g/mol. The van der Waals surface area contributed by atoms with E-state index >= 15 is 0 Å². The summed E-state index contributed by atoms with van der Waals surface area (Å²) in [4.78, 5) is 12.0. The van der Waals surface area contributed by atoms with E-state index in [4.69, 9.17) is 15.4 Å². The van der Waals surface area contributed by atoms with Gasteiger partial charge in [0.25, 0.3) is 15.0 Å². The molecule has 0 aliphatic heterocycles. The molecule has 1 amide bonds. The lowest BCUT2D eigenvalue weighted by atomic mass is 10.1. The maximum absolute atomic E-state index is 12.2. The predicted molar refractivity (Wildman–Crippen MR) is 85.2 cm³/mol. The van der Waals surface area contributed by atoms with Gasteiger partial charge in [-0.15, -0.1) is 0 Å². The topological polar surface area (TPSA) is 72.5 Å². The van der Waals surface area contributed by atoms with Gasteiger partial charge < -0.3 is 10.1 Å². The van der Waals surface area contributed by atoms with Crippen LogP contribution in [0.1, 0.15) is 31.1 Å². The molecule has 0 spiro atoms. The summed E-state index contributed by atoms with van der Waals surface area (Å²) >= 11 is 3.22. The van der Waals surface area contributed by atoms with Crippen molar-refractivity contribution in [2.45, 2.75) is 31.3 Å². The van der Waals surface area contributed by atoms with Crippen LogP contribution in [0, 0.1) is 0 Å². The van der Waals surface area contributed by atoms with Crippen molar-refractivity contribution in [2.24, 2.45) is 0 Å². The van der Waals surface area contributed by atoms with Gasteiger partial charge in [-0.1, -0.05) is 0 Å². The van der Waals surface area contributed by atoms with Crippen LogP contribution in [0.2, 0.25) is 0 Å². The maximum atomic E-state index is 12.2. The Bertz CT molecular complexity index is 631. The van der Waals surface area contributed by atoms with E-state index in [1.165, 1.54) is 18.2 Å². The number of carbonyl (C=O) groups excluding carboxylic acids is 1. The Labute approximate surface area is 137 Å². The fourth-order valence-corrected chi connectivity index (χ4v) is 2.86. The second kappa shape index (κ2) is 7.09. The summed E-state index contributed by atoms with van der Waals surface area (Å²) in [5.74, 6) is -0.406. The first kappa shape index (κ1) is 18.4. The van der Waals surface area contributed by atoms with Gasteiger partial charge in [-0.05, 0) is 54.9 Å². The van der Waals surface area contributed by atoms with E-state index in [0.29, 0.717) is 17.6 Å². The molecule has 1 aromatic carbocycles. The van der Waals surface area contributed by atoms with E-state index < -0.39 is 20.6 Å². The SMILES string of the molecule is CCOC(C)(C)CNC(=O)c1cc(S(=O)(=O)Cl)ccc1Br. The second-order valence-electron chi connectivity index (χ2n) is 4.95. The number of rotatable bonds is 6. The van der Waals surface area contributed by atoms with Gasteiger partial charge in [0.05, 0.1) is 16.1 Å². The number of hydrogen-bond acceptors (Lipinski definition) is 4. The Kier molecular flexibility index (Phi) is 6.22. The molecule has 0 aliphatic carbocycles. The first-order chi connectivity index (χ1) is 9.57. The molecule has 1 aromatic rings. The van der Waals surface area contributed by atoms with Gasteiger partial charge >= 0.3 is 0 Å². The molecule has 0 aliphatic rings. The first-order valence-corrected chi connectivity index (χ1v) is 9.33. The van der Waals surface area contributed by atoms with Gasteiger partial charge in [-0.2, -0.15) is 0 Å². The van der Waals surface area contributed by atoms with Gasteiger partial charge in [0.15, 0.2) is 0 Å². The summed E-state index contributed by atoms with van der Waals surface area (Å²) in [7, 11) is 1.40. The molecule has 0 fully saturated rings. The van der Waals surface area contributed by atoms with Gasteiger partial charge in [-0.3, -0.25) is 4.79 Å². The maximum Gasteiger partial charge on any atom is 0.261 e. The lowest BCUT2D eigenvalue weighted by molar-refractivity contribution is -0.00816. The predicted octanol–water partition coefficient (Wildman–Crippen LogP) is 2.92. The Morgan fingerprint density at radius 2 is 2.05 bits per heavy atom. The number of ether oxygens (including phenoxy) is 1. The van der Waals surface area contributed by atoms with Crippen LogP contribution < -0.4 is 5.32 Å². The zero-order chi connectivity index (χ0) is 16.3. The normalized spacial score (nSPS) is 12.2. The molecule has 0 unspecified atom stereocenters. The standard InChI is InChI=1S/C13H17BrClNO4S/c1-4-20-13(2,3)8-16-12(17)10-7-9(21(15,18)19)5-6-11(10)14/h5-7H,4,8H2,1-3H3,(H,16,17). The van der Waals surface area contributed by atoms with E-state index in [-0.39, 0.29) is 10.5 Å². The quantitative estimate of drug-likeness (QED) is 0.748. The van der Waals surface area contributed by atoms with E-state index in [9.17, 15) is 13.2 Å². The average Bonchev–Trinajstić information content (AvgIpc) is 2.35. The molecule has 0 saturated heterocycles. The summed E-state index contributed by atoms with van der Waals surface area (Å²) in [6.07, 6.45) is 0. The first-order valence-electron chi connectivity index (χ1n) is 6.23. The number of amides is 1. The zero-order valence-corrected chi connectivity index (χ0v) is 15.1. The highest BCUT2D eigenvalue weighted by molar-refractivity contribution is 9.10. The molecular formula is C13H17BrClNO4S. The van der Waals surface area contributed by atoms with Crippen molar-refractivity contribution in [3.05, 3.63) is 28.2 Å². The molecule has 0 atom stereocenters. The number of hydrogen-bond donors (Lipinski definition) is 1. The van der Waals surface area contributed by atoms with Crippen LogP contribution in [0.15, 0.2) is 27.6 Å². The van der Waals surface area contributed by atoms with E-state index in [1.54, 1.807) is 0 Å². The minimum Gasteiger partial charge on any atom is -0.374 e. The summed E-state index contributed by atoms with van der Waals surface area (Å²) < 4.78 is 28.6. The number of halogens is 2. The van der Waals surface area contributed by atoms with E-state index in [0.717, 1.165) is 0 Å². The van der Waals surface area contributed by atoms with Crippen LogP contribution in [0.25, 0.3) is 0 Å². The smallest absolute Gasteiger partial charge is 0.261 e. The fraction of sp³-hybridized carbons (Fsp3) is 0.462. The Morgan fingerprint density at radius 1 is 1.43 bits per heavy atom. The van der Waals surface area contributed by atoms with Crippen molar-refractivity contribution in [3.8, 4) is 0 Å². The molecule has 21 heavy (non-hydrogen) atoms. The van der Waals surface area contributed by atoms with Crippen LogP contribution in [0.4, 0.5) is 0 Å². The van der Waals surface area contributed by atoms with Crippen LogP contribution in [0.5, 0.6) is 0 Å². The minimum absolute atomic E-state index is 0.124. The molecule has 0 radical (unpaired) electrons. The molecule has 0 bridgehead atoms. The fourth-order valence-electron chi connectivity index (χ4n) is 1.66. The lowest BCUT2D eigenvalue weighted by Gasteiger charge is -2.25. The van der Waals surface area contributed by atoms with Gasteiger partial charge in [-0.25, -0.2) is 8.42 Å². The summed E-state index contributed by atoms with van der Waals surface area (Å²) in [5, 5.41) is 2.71. The molecule has 5 nitrogen and oxygen atoms in total. The van der Waals surface area contributed by atoms with Crippen LogP contribution in [-0.2, 0) is 13.8 Å². The van der Waals surface area contributed by atoms with Crippen molar-refractivity contribution < 1.29 is 17.9 Å². The molecule has 8 heteroatoms. The minimum atomic E-state index is -3.88. The molecule has 1 N–H and O–H groups in total. The zero-order valence-electron chi connectivity index (χ0n) is 11.9. The third-order valence-corrected chi connectivity index (χ3v) is 4.72. The number of benzene rings is 1. The van der Waals surface area contributed by atoms with Crippen LogP contribution in [-0.4, -0.2) is 33.1 Å². The van der Waals surface area contributed by atoms with Crippen molar-refractivity contribution in [1.29, 1.82) is 0 Å². The summed E-state index contributed by atoms with van der Waals surface area (Å²) in [6.45, 7) is 6.41. The number of nitrogens with one attached hydrogen (secondary N) is 1. The summed E-state index contributed by atoms with van der Waals surface area (Å²) in [5.41, 5.74) is -0.309. The van der Waals surface area contributed by atoms with Crippen LogP contribution in [0.3, 0.4) is 0 Å². The van der Waals surface area contributed by atoms with Crippen molar-refractivity contribution in [3.63, 3.8) is 0 Å². The van der Waals surface area contributed by atoms with Gasteiger partial charge in [0.2, 0.25) is 0 Å². The molecule has 0 heterocycles. The lowest BCUT2D eigenvalue weighted by Crippen LogP contribution is -2.40. The van der Waals surface area contributed by atoms with Crippen molar-refractivity contribution in [2.75, 3.05) is 13.2 Å². The second-order valence-corrected chi connectivity index (χ2v) is 8.38. The Balaban J connectivity index is 2.93. The van der Waals surface area contributed by atoms with Gasteiger partial charge in [0, 0.05) is 28.3 Å². The Hall–Kier alpha value is -0.630. The van der Waals surface area contributed by atoms with Gasteiger partial charge in [0.1, 0.15) is 0 Å². The molecule has 0 aromatic heterocycles. The van der Waals surface area contributed by atoms with Crippen molar-refractivity contribution in [1.82, 2.24) is 5.32 Å². The highest BCUT2D eigenvalue weighted by Crippen LogP contribution is 2.23. The van der Waals surface area contributed by atoms with Crippen molar-refractivity contribution >= 4 is 41.6 Å². The van der Waals surface area contributed by atoms with Crippen LogP contribution >= 0.6 is 26.6 Å². The number of carbonyl (C=O) groups is 1. The highest BCUT2D eigenvalue weighted by atomic mass is 79.9. The third-order valence-electron chi connectivity index (χ3n) is 2.67.